The van der Waals surface area contributed by atoms with Crippen molar-refractivity contribution in [3.8, 4) is 0 Å². The van der Waals surface area contributed by atoms with Crippen molar-refractivity contribution in [2.24, 2.45) is 11.8 Å². The number of nitrogens with zero attached hydrogens (tertiary/aromatic N) is 1. The molecule has 0 bridgehead atoms. The van der Waals surface area contributed by atoms with Gasteiger partial charge in [-0.1, -0.05) is 19.8 Å². The lowest BCUT2D eigenvalue weighted by atomic mass is 9.82. The van der Waals surface area contributed by atoms with E-state index in [2.05, 4.69) is 6.92 Å². The Bertz CT molecular complexity index is 155. The van der Waals surface area contributed by atoms with E-state index >= 15 is 0 Å². The zero-order chi connectivity index (χ0) is 9.14. The summed E-state index contributed by atoms with van der Waals surface area (Å²) >= 11 is 0. The van der Waals surface area contributed by atoms with Crippen LogP contribution < -0.4 is 0 Å². The van der Waals surface area contributed by atoms with Gasteiger partial charge in [-0.2, -0.15) is 0 Å². The van der Waals surface area contributed by atoms with Crippen LogP contribution in [0.5, 0.6) is 0 Å². The maximum atomic E-state index is 7.83. The van der Waals surface area contributed by atoms with Crippen LogP contribution in [0.2, 0.25) is 0 Å². The van der Waals surface area contributed by atoms with Gasteiger partial charge in [-0.25, -0.2) is 0 Å². The van der Waals surface area contributed by atoms with Crippen molar-refractivity contribution in [2.45, 2.75) is 32.6 Å². The molecule has 0 heterocycles. The smallest absolute Gasteiger partial charge is 0.0984 e. The molecule has 12 heavy (non-hydrogen) atoms. The SMILES string of the molecule is CC1CCC(C(=N)N(C)C)CC1. The highest BCUT2D eigenvalue weighted by Gasteiger charge is 2.22. The molecule has 0 aliphatic heterocycles. The van der Waals surface area contributed by atoms with Gasteiger partial charge in [0.05, 0.1) is 5.84 Å². The third-order valence-electron chi connectivity index (χ3n) is 2.88. The molecule has 0 saturated heterocycles. The molecule has 0 amide bonds. The molecule has 70 valence electrons. The van der Waals surface area contributed by atoms with Crippen LogP contribution in [0, 0.1) is 17.2 Å². The minimum absolute atomic E-state index is 0.538. The summed E-state index contributed by atoms with van der Waals surface area (Å²) in [6, 6.07) is 0. The van der Waals surface area contributed by atoms with Crippen molar-refractivity contribution < 1.29 is 0 Å². The summed E-state index contributed by atoms with van der Waals surface area (Å²) in [6.45, 7) is 2.31. The second kappa shape index (κ2) is 3.92. The second-order valence-corrected chi connectivity index (χ2v) is 4.24. The average Bonchev–Trinajstić information content (AvgIpc) is 2.04. The van der Waals surface area contributed by atoms with E-state index in [1.165, 1.54) is 25.7 Å². The van der Waals surface area contributed by atoms with Crippen molar-refractivity contribution in [1.29, 1.82) is 5.41 Å². The van der Waals surface area contributed by atoms with E-state index in [1.54, 1.807) is 0 Å². The largest absolute Gasteiger partial charge is 0.366 e. The van der Waals surface area contributed by atoms with Crippen LogP contribution in [0.15, 0.2) is 0 Å². The molecule has 0 aromatic rings. The summed E-state index contributed by atoms with van der Waals surface area (Å²) in [5.74, 6) is 2.24. The van der Waals surface area contributed by atoms with Gasteiger partial charge in [0.1, 0.15) is 0 Å². The van der Waals surface area contributed by atoms with E-state index in [4.69, 9.17) is 5.41 Å². The van der Waals surface area contributed by atoms with Crippen LogP contribution in [0.4, 0.5) is 0 Å². The van der Waals surface area contributed by atoms with Crippen LogP contribution in [-0.2, 0) is 0 Å². The highest BCUT2D eigenvalue weighted by molar-refractivity contribution is 5.81. The number of amidine groups is 1. The summed E-state index contributed by atoms with van der Waals surface area (Å²) in [4.78, 5) is 1.95. The fourth-order valence-electron chi connectivity index (χ4n) is 1.90. The molecule has 0 aromatic heterocycles. The van der Waals surface area contributed by atoms with Crippen molar-refractivity contribution >= 4 is 5.84 Å². The minimum Gasteiger partial charge on any atom is -0.366 e. The standard InChI is InChI=1S/C10H20N2/c1-8-4-6-9(7-5-8)10(11)12(2)3/h8-9,11H,4-7H2,1-3H3. The van der Waals surface area contributed by atoms with Gasteiger partial charge < -0.3 is 4.90 Å². The van der Waals surface area contributed by atoms with Gasteiger partial charge >= 0.3 is 0 Å². The molecule has 1 aliphatic rings. The molecule has 1 N–H and O–H groups in total. The Morgan fingerprint density at radius 2 is 1.67 bits per heavy atom. The molecular weight excluding hydrogens is 148 g/mol. The molecule has 1 fully saturated rings. The third-order valence-corrected chi connectivity index (χ3v) is 2.88. The molecule has 0 aromatic carbocycles. The molecule has 1 rings (SSSR count). The monoisotopic (exact) mass is 168 g/mol. The number of hydrogen-bond donors (Lipinski definition) is 1. The van der Waals surface area contributed by atoms with Crippen molar-refractivity contribution in [3.05, 3.63) is 0 Å². The minimum atomic E-state index is 0.538. The lowest BCUT2D eigenvalue weighted by Crippen LogP contribution is -2.31. The normalized spacial score (nSPS) is 29.9. The lowest BCUT2D eigenvalue weighted by molar-refractivity contribution is 0.328. The van der Waals surface area contributed by atoms with E-state index in [0.717, 1.165) is 11.8 Å². The van der Waals surface area contributed by atoms with Gasteiger partial charge in [0, 0.05) is 20.0 Å². The summed E-state index contributed by atoms with van der Waals surface area (Å²) < 4.78 is 0. The van der Waals surface area contributed by atoms with Gasteiger partial charge in [-0.3, -0.25) is 5.41 Å². The van der Waals surface area contributed by atoms with E-state index in [0.29, 0.717) is 5.92 Å². The molecule has 2 nitrogen and oxygen atoms in total. The molecular formula is C10H20N2. The number of rotatable bonds is 1. The van der Waals surface area contributed by atoms with Crippen molar-refractivity contribution in [2.75, 3.05) is 14.1 Å². The topological polar surface area (TPSA) is 27.1 Å². The lowest BCUT2D eigenvalue weighted by Gasteiger charge is -2.29. The first-order chi connectivity index (χ1) is 5.61. The quantitative estimate of drug-likeness (QED) is 0.472. The third kappa shape index (κ3) is 2.23. The highest BCUT2D eigenvalue weighted by atomic mass is 15.1. The first-order valence-electron chi connectivity index (χ1n) is 4.87. The van der Waals surface area contributed by atoms with Crippen LogP contribution in [-0.4, -0.2) is 24.8 Å². The summed E-state index contributed by atoms with van der Waals surface area (Å²) in [6.07, 6.45) is 5.05. The van der Waals surface area contributed by atoms with Crippen molar-refractivity contribution in [3.63, 3.8) is 0 Å². The Balaban J connectivity index is 2.39. The Morgan fingerprint density at radius 1 is 1.17 bits per heavy atom. The van der Waals surface area contributed by atoms with Crippen LogP contribution >= 0.6 is 0 Å². The second-order valence-electron chi connectivity index (χ2n) is 4.24. The van der Waals surface area contributed by atoms with E-state index in [1.807, 2.05) is 19.0 Å². The summed E-state index contributed by atoms with van der Waals surface area (Å²) in [5, 5.41) is 7.83. The maximum absolute atomic E-state index is 7.83. The fraction of sp³-hybridized carbons (Fsp3) is 0.900. The fourth-order valence-corrected chi connectivity index (χ4v) is 1.90. The Kier molecular flexibility index (Phi) is 3.12. The van der Waals surface area contributed by atoms with E-state index in [-0.39, 0.29) is 0 Å². The van der Waals surface area contributed by atoms with Gasteiger partial charge in [0.2, 0.25) is 0 Å². The molecule has 0 spiro atoms. The molecule has 1 saturated carbocycles. The first kappa shape index (κ1) is 9.56. The molecule has 1 aliphatic carbocycles. The van der Waals surface area contributed by atoms with E-state index in [9.17, 15) is 0 Å². The molecule has 0 radical (unpaired) electrons. The highest BCUT2D eigenvalue weighted by Crippen LogP contribution is 2.29. The average molecular weight is 168 g/mol. The van der Waals surface area contributed by atoms with Crippen molar-refractivity contribution in [1.82, 2.24) is 4.90 Å². The first-order valence-corrected chi connectivity index (χ1v) is 4.87. The zero-order valence-electron chi connectivity index (χ0n) is 8.43. The van der Waals surface area contributed by atoms with Crippen LogP contribution in [0.1, 0.15) is 32.6 Å². The zero-order valence-corrected chi connectivity index (χ0v) is 8.43. The predicted molar refractivity (Wildman–Crippen MR) is 52.5 cm³/mol. The van der Waals surface area contributed by atoms with Gasteiger partial charge in [-0.05, 0) is 18.8 Å². The predicted octanol–water partition coefficient (Wildman–Crippen LogP) is 2.35. The molecule has 2 heteroatoms. The Hall–Kier alpha value is -0.530. The molecule has 0 atom stereocenters. The Morgan fingerprint density at radius 3 is 2.08 bits per heavy atom. The number of nitrogens with one attached hydrogen (secondary N) is 1. The van der Waals surface area contributed by atoms with Gasteiger partial charge in [0.15, 0.2) is 0 Å². The Labute approximate surface area is 75.5 Å². The van der Waals surface area contributed by atoms with Gasteiger partial charge in [-0.15, -0.1) is 0 Å². The summed E-state index contributed by atoms with van der Waals surface area (Å²) in [5.41, 5.74) is 0. The maximum Gasteiger partial charge on any atom is 0.0984 e. The van der Waals surface area contributed by atoms with E-state index < -0.39 is 0 Å². The van der Waals surface area contributed by atoms with Crippen LogP contribution in [0.25, 0.3) is 0 Å². The summed E-state index contributed by atoms with van der Waals surface area (Å²) in [7, 11) is 3.95. The van der Waals surface area contributed by atoms with Crippen LogP contribution in [0.3, 0.4) is 0 Å². The molecule has 0 unspecified atom stereocenters. The number of hydrogen-bond acceptors (Lipinski definition) is 1. The van der Waals surface area contributed by atoms with Gasteiger partial charge in [0.25, 0.3) is 0 Å².